The van der Waals surface area contributed by atoms with Crippen LogP contribution < -0.4 is 5.73 Å². The molecule has 0 aliphatic carbocycles. The molecule has 0 unspecified atom stereocenters. The van der Waals surface area contributed by atoms with Crippen LogP contribution in [0.2, 0.25) is 0 Å². The Morgan fingerprint density at radius 1 is 1.14 bits per heavy atom. The number of aromatic hydroxyl groups is 1. The second kappa shape index (κ2) is 4.97. The van der Waals surface area contributed by atoms with Gasteiger partial charge >= 0.3 is 6.18 Å². The summed E-state index contributed by atoms with van der Waals surface area (Å²) in [6.07, 6.45) is -4.96. The van der Waals surface area contributed by atoms with Crippen LogP contribution in [-0.4, -0.2) is 10.0 Å². The maximum atomic E-state index is 13.2. The summed E-state index contributed by atoms with van der Waals surface area (Å²) < 4.78 is 39.6. The van der Waals surface area contributed by atoms with Crippen molar-refractivity contribution in [1.82, 2.24) is 0 Å². The zero-order valence-electron chi connectivity index (χ0n) is 10.4. The average Bonchev–Trinajstić information content (AvgIpc) is 2.36. The van der Waals surface area contributed by atoms with E-state index in [2.05, 4.69) is 0 Å². The summed E-state index contributed by atoms with van der Waals surface area (Å²) in [5.74, 6) is -0.485. The summed E-state index contributed by atoms with van der Waals surface area (Å²) in [5.41, 5.74) is 2.13. The zero-order chi connectivity index (χ0) is 15.8. The molecule has 0 heterocycles. The molecule has 5 nitrogen and oxygen atoms in total. The van der Waals surface area contributed by atoms with Crippen molar-refractivity contribution in [2.75, 3.05) is 5.73 Å². The Morgan fingerprint density at radius 2 is 1.76 bits per heavy atom. The van der Waals surface area contributed by atoms with Crippen LogP contribution in [0.5, 0.6) is 5.75 Å². The second-order valence-electron chi connectivity index (χ2n) is 4.20. The van der Waals surface area contributed by atoms with E-state index in [0.29, 0.717) is 0 Å². The minimum atomic E-state index is -4.96. The van der Waals surface area contributed by atoms with Crippen LogP contribution in [0.3, 0.4) is 0 Å². The van der Waals surface area contributed by atoms with Crippen LogP contribution in [0.1, 0.15) is 5.56 Å². The van der Waals surface area contributed by atoms with Crippen molar-refractivity contribution in [3.8, 4) is 16.9 Å². The van der Waals surface area contributed by atoms with Gasteiger partial charge in [-0.2, -0.15) is 13.2 Å². The van der Waals surface area contributed by atoms with Crippen LogP contribution in [0.25, 0.3) is 11.1 Å². The third kappa shape index (κ3) is 2.60. The van der Waals surface area contributed by atoms with Crippen molar-refractivity contribution in [2.45, 2.75) is 6.18 Å². The lowest BCUT2D eigenvalue weighted by molar-refractivity contribution is -0.388. The highest BCUT2D eigenvalue weighted by molar-refractivity contribution is 5.85. The number of phenolic OH excluding ortho intramolecular Hbond substituents is 1. The van der Waals surface area contributed by atoms with Gasteiger partial charge in [0.2, 0.25) is 0 Å². The molecule has 110 valence electrons. The SMILES string of the molecule is Nc1cccc(O)c1-c1cccc([N+](=O)[O-])c1C(F)(F)F. The molecule has 0 saturated heterocycles. The van der Waals surface area contributed by atoms with Gasteiger partial charge in [0.1, 0.15) is 11.3 Å². The molecule has 0 aliphatic heterocycles. The molecule has 3 N–H and O–H groups in total. The van der Waals surface area contributed by atoms with Crippen LogP contribution in [0.15, 0.2) is 36.4 Å². The Hall–Kier alpha value is -2.77. The van der Waals surface area contributed by atoms with Crippen molar-refractivity contribution < 1.29 is 23.2 Å². The quantitative estimate of drug-likeness (QED) is 0.504. The third-order valence-corrected chi connectivity index (χ3v) is 2.87. The van der Waals surface area contributed by atoms with Gasteiger partial charge in [-0.15, -0.1) is 0 Å². The summed E-state index contributed by atoms with van der Waals surface area (Å²) in [6.45, 7) is 0. The van der Waals surface area contributed by atoms with Crippen molar-refractivity contribution >= 4 is 11.4 Å². The van der Waals surface area contributed by atoms with E-state index in [1.165, 1.54) is 12.1 Å². The van der Waals surface area contributed by atoms with Gasteiger partial charge < -0.3 is 10.8 Å². The predicted octanol–water partition coefficient (Wildman–Crippen LogP) is 3.57. The Bertz CT molecular complexity index is 694. The average molecular weight is 298 g/mol. The van der Waals surface area contributed by atoms with Crippen molar-refractivity contribution in [3.63, 3.8) is 0 Å². The van der Waals surface area contributed by atoms with E-state index >= 15 is 0 Å². The number of anilines is 1. The molecule has 0 spiro atoms. The molecule has 0 fully saturated rings. The molecule has 8 heteroatoms. The van der Waals surface area contributed by atoms with Gasteiger partial charge in [0.05, 0.1) is 4.92 Å². The first kappa shape index (κ1) is 14.6. The van der Waals surface area contributed by atoms with Crippen LogP contribution in [0.4, 0.5) is 24.5 Å². The van der Waals surface area contributed by atoms with Gasteiger partial charge in [-0.3, -0.25) is 10.1 Å². The molecule has 2 aromatic rings. The number of halogens is 3. The fraction of sp³-hybridized carbons (Fsp3) is 0.0769. The number of nitrogen functional groups attached to an aromatic ring is 1. The topological polar surface area (TPSA) is 89.4 Å². The van der Waals surface area contributed by atoms with Crippen molar-refractivity contribution in [3.05, 3.63) is 52.1 Å². The van der Waals surface area contributed by atoms with E-state index < -0.39 is 33.7 Å². The first-order valence-electron chi connectivity index (χ1n) is 5.66. The van der Waals surface area contributed by atoms with Crippen molar-refractivity contribution in [2.24, 2.45) is 0 Å². The minimum Gasteiger partial charge on any atom is -0.507 e. The summed E-state index contributed by atoms with van der Waals surface area (Å²) in [6, 6.07) is 6.70. The normalized spacial score (nSPS) is 11.4. The number of alkyl halides is 3. The standard InChI is InChI=1S/C13H9F3N2O3/c14-13(15,16)12-7(3-1-5-9(12)18(20)21)11-8(17)4-2-6-10(11)19/h1-6,19H,17H2. The highest BCUT2D eigenvalue weighted by Crippen LogP contribution is 2.46. The van der Waals surface area contributed by atoms with Crippen LogP contribution in [-0.2, 0) is 6.18 Å². The lowest BCUT2D eigenvalue weighted by Crippen LogP contribution is -2.11. The molecule has 2 rings (SSSR count). The number of benzene rings is 2. The summed E-state index contributed by atoms with van der Waals surface area (Å²) in [4.78, 5) is 9.71. The summed E-state index contributed by atoms with van der Waals surface area (Å²) in [5, 5.41) is 20.6. The number of hydrogen-bond donors (Lipinski definition) is 2. The van der Waals surface area contributed by atoms with Gasteiger partial charge in [-0.25, -0.2) is 0 Å². The molecule has 0 amide bonds. The molecular formula is C13H9F3N2O3. The van der Waals surface area contributed by atoms with Crippen molar-refractivity contribution in [1.29, 1.82) is 0 Å². The zero-order valence-corrected chi connectivity index (χ0v) is 10.4. The van der Waals surface area contributed by atoms with Gasteiger partial charge in [0.15, 0.2) is 0 Å². The number of nitrogens with zero attached hydrogens (tertiary/aromatic N) is 1. The van der Waals surface area contributed by atoms with E-state index in [-0.39, 0.29) is 11.3 Å². The Balaban J connectivity index is 2.88. The van der Waals surface area contributed by atoms with E-state index in [9.17, 15) is 28.4 Å². The number of nitro benzene ring substituents is 1. The minimum absolute atomic E-state index is 0.110. The van der Waals surface area contributed by atoms with Gasteiger partial charge in [-0.1, -0.05) is 18.2 Å². The van der Waals surface area contributed by atoms with Gasteiger partial charge in [0, 0.05) is 22.9 Å². The number of nitro groups is 1. The Kier molecular flexibility index (Phi) is 3.46. The molecule has 0 bridgehead atoms. The molecular weight excluding hydrogens is 289 g/mol. The highest BCUT2D eigenvalue weighted by Gasteiger charge is 2.41. The molecule has 21 heavy (non-hydrogen) atoms. The van der Waals surface area contributed by atoms with E-state index in [4.69, 9.17) is 5.73 Å². The highest BCUT2D eigenvalue weighted by atomic mass is 19.4. The third-order valence-electron chi connectivity index (χ3n) is 2.87. The molecule has 0 atom stereocenters. The first-order chi connectivity index (χ1) is 9.73. The number of nitrogens with two attached hydrogens (primary N) is 1. The largest absolute Gasteiger partial charge is 0.507 e. The number of hydrogen-bond acceptors (Lipinski definition) is 4. The van der Waals surface area contributed by atoms with Crippen LogP contribution >= 0.6 is 0 Å². The molecule has 0 saturated carbocycles. The molecule has 0 aliphatic rings. The smallest absolute Gasteiger partial charge is 0.423 e. The summed E-state index contributed by atoms with van der Waals surface area (Å²) >= 11 is 0. The first-order valence-corrected chi connectivity index (χ1v) is 5.66. The maximum absolute atomic E-state index is 13.2. The van der Waals surface area contributed by atoms with E-state index in [1.54, 1.807) is 0 Å². The lowest BCUT2D eigenvalue weighted by Gasteiger charge is -2.15. The number of rotatable bonds is 2. The van der Waals surface area contributed by atoms with E-state index in [1.807, 2.05) is 0 Å². The maximum Gasteiger partial charge on any atom is 0.423 e. The Labute approximate surface area is 116 Å². The lowest BCUT2D eigenvalue weighted by atomic mass is 9.95. The Morgan fingerprint density at radius 3 is 2.29 bits per heavy atom. The number of phenols is 1. The van der Waals surface area contributed by atoms with Gasteiger partial charge in [-0.05, 0) is 12.1 Å². The molecule has 0 radical (unpaired) electrons. The monoisotopic (exact) mass is 298 g/mol. The second-order valence-corrected chi connectivity index (χ2v) is 4.20. The molecule has 2 aromatic carbocycles. The molecule has 0 aromatic heterocycles. The van der Waals surface area contributed by atoms with Gasteiger partial charge in [0.25, 0.3) is 5.69 Å². The van der Waals surface area contributed by atoms with Crippen LogP contribution in [0, 0.1) is 10.1 Å². The predicted molar refractivity (Wildman–Crippen MR) is 69.6 cm³/mol. The summed E-state index contributed by atoms with van der Waals surface area (Å²) in [7, 11) is 0. The fourth-order valence-electron chi connectivity index (χ4n) is 2.05. The fourth-order valence-corrected chi connectivity index (χ4v) is 2.05. The van der Waals surface area contributed by atoms with E-state index in [0.717, 1.165) is 24.3 Å².